The predicted molar refractivity (Wildman–Crippen MR) is 70.2 cm³/mol. The Morgan fingerprint density at radius 2 is 2.06 bits per heavy atom. The van der Waals surface area contributed by atoms with Gasteiger partial charge >= 0.3 is 5.97 Å². The minimum atomic E-state index is -0.929. The molecule has 2 rings (SSSR count). The lowest BCUT2D eigenvalue weighted by atomic mass is 10.1. The second-order valence-corrected chi connectivity index (χ2v) is 4.32. The van der Waals surface area contributed by atoms with Crippen LogP contribution >= 0.6 is 0 Å². The summed E-state index contributed by atoms with van der Waals surface area (Å²) in [6, 6.07) is 4.90. The van der Waals surface area contributed by atoms with E-state index in [0.29, 0.717) is 10.9 Å². The van der Waals surface area contributed by atoms with Crippen LogP contribution in [0.5, 0.6) is 5.75 Å². The molecule has 0 aliphatic rings. The maximum atomic E-state index is 11.5. The molecule has 0 aliphatic carbocycles. The van der Waals surface area contributed by atoms with Crippen LogP contribution in [-0.2, 0) is 13.0 Å². The molecule has 1 heterocycles. The Morgan fingerprint density at radius 1 is 1.33 bits per heavy atom. The molecule has 0 radical (unpaired) electrons. The molecule has 0 saturated carbocycles. The van der Waals surface area contributed by atoms with Crippen LogP contribution in [0.3, 0.4) is 0 Å². The zero-order valence-corrected chi connectivity index (χ0v) is 10.6. The summed E-state index contributed by atoms with van der Waals surface area (Å²) < 4.78 is 2.02. The molecular formula is C14H17NO3. The molecule has 0 bridgehead atoms. The van der Waals surface area contributed by atoms with Gasteiger partial charge in [-0.15, -0.1) is 0 Å². The molecule has 96 valence electrons. The van der Waals surface area contributed by atoms with Crippen molar-refractivity contribution in [2.45, 2.75) is 33.2 Å². The fourth-order valence-corrected chi connectivity index (χ4v) is 2.49. The van der Waals surface area contributed by atoms with Gasteiger partial charge in [-0.2, -0.15) is 0 Å². The molecule has 0 amide bonds. The number of aromatic carboxylic acids is 1. The van der Waals surface area contributed by atoms with E-state index >= 15 is 0 Å². The summed E-state index contributed by atoms with van der Waals surface area (Å²) in [6.45, 7) is 4.75. The van der Waals surface area contributed by atoms with Crippen molar-refractivity contribution in [2.24, 2.45) is 0 Å². The average molecular weight is 247 g/mol. The van der Waals surface area contributed by atoms with Crippen LogP contribution in [0.15, 0.2) is 18.2 Å². The second-order valence-electron chi connectivity index (χ2n) is 4.32. The van der Waals surface area contributed by atoms with E-state index in [1.165, 1.54) is 6.07 Å². The maximum absolute atomic E-state index is 11.5. The van der Waals surface area contributed by atoms with Gasteiger partial charge in [-0.05, 0) is 31.5 Å². The summed E-state index contributed by atoms with van der Waals surface area (Å²) in [4.78, 5) is 11.5. The van der Waals surface area contributed by atoms with E-state index in [2.05, 4.69) is 0 Å². The number of nitrogens with zero attached hydrogens (tertiary/aromatic N) is 1. The molecule has 4 heteroatoms. The van der Waals surface area contributed by atoms with Crippen LogP contribution in [0.2, 0.25) is 0 Å². The largest absolute Gasteiger partial charge is 0.508 e. The third-order valence-electron chi connectivity index (χ3n) is 3.17. The van der Waals surface area contributed by atoms with Gasteiger partial charge in [-0.25, -0.2) is 4.79 Å². The fourth-order valence-electron chi connectivity index (χ4n) is 2.49. The van der Waals surface area contributed by atoms with Crippen molar-refractivity contribution >= 4 is 16.9 Å². The normalized spacial score (nSPS) is 11.0. The highest BCUT2D eigenvalue weighted by Gasteiger charge is 2.21. The maximum Gasteiger partial charge on any atom is 0.338 e. The lowest BCUT2D eigenvalue weighted by Crippen LogP contribution is -2.06. The van der Waals surface area contributed by atoms with Crippen LogP contribution in [0.4, 0.5) is 0 Å². The lowest BCUT2D eigenvalue weighted by molar-refractivity contribution is 0.0697. The highest BCUT2D eigenvalue weighted by molar-refractivity contribution is 6.05. The molecule has 1 aromatic carbocycles. The van der Waals surface area contributed by atoms with Crippen LogP contribution in [0, 0.1) is 0 Å². The number of carbonyl (C=O) groups is 1. The van der Waals surface area contributed by atoms with E-state index < -0.39 is 5.97 Å². The fraction of sp³-hybridized carbons (Fsp3) is 0.357. The highest BCUT2D eigenvalue weighted by atomic mass is 16.4. The molecule has 0 unspecified atom stereocenters. The first kappa shape index (κ1) is 12.5. The molecule has 0 atom stereocenters. The van der Waals surface area contributed by atoms with E-state index in [1.807, 2.05) is 18.4 Å². The average Bonchev–Trinajstić information content (AvgIpc) is 2.62. The number of aromatic hydroxyl groups is 1. The monoisotopic (exact) mass is 247 g/mol. The first-order valence-corrected chi connectivity index (χ1v) is 6.17. The predicted octanol–water partition coefficient (Wildman–Crippen LogP) is 3.02. The van der Waals surface area contributed by atoms with Crippen LogP contribution in [-0.4, -0.2) is 20.7 Å². The number of hydrogen-bond acceptors (Lipinski definition) is 2. The number of aryl methyl sites for hydroxylation is 1. The lowest BCUT2D eigenvalue weighted by Gasteiger charge is -2.07. The Balaban J connectivity index is 2.85. The topological polar surface area (TPSA) is 62.5 Å². The van der Waals surface area contributed by atoms with Crippen molar-refractivity contribution in [3.8, 4) is 5.75 Å². The Kier molecular flexibility index (Phi) is 3.28. The number of carboxylic acids is 1. The van der Waals surface area contributed by atoms with Gasteiger partial charge in [0.1, 0.15) is 5.75 Å². The minimum Gasteiger partial charge on any atom is -0.508 e. The third-order valence-corrected chi connectivity index (χ3v) is 3.17. The molecule has 0 saturated heterocycles. The summed E-state index contributed by atoms with van der Waals surface area (Å²) >= 11 is 0. The number of benzene rings is 1. The molecule has 4 nitrogen and oxygen atoms in total. The summed E-state index contributed by atoms with van der Waals surface area (Å²) in [7, 11) is 0. The molecule has 0 aliphatic heterocycles. The van der Waals surface area contributed by atoms with Crippen molar-refractivity contribution in [3.63, 3.8) is 0 Å². The zero-order valence-electron chi connectivity index (χ0n) is 10.6. The van der Waals surface area contributed by atoms with Gasteiger partial charge in [0.25, 0.3) is 0 Å². The van der Waals surface area contributed by atoms with E-state index in [9.17, 15) is 15.0 Å². The smallest absolute Gasteiger partial charge is 0.338 e. The molecule has 1 aromatic heterocycles. The number of fused-ring (bicyclic) bond motifs is 1. The molecule has 2 aromatic rings. The molecule has 0 spiro atoms. The van der Waals surface area contributed by atoms with Gasteiger partial charge in [0.05, 0.1) is 5.56 Å². The summed E-state index contributed by atoms with van der Waals surface area (Å²) in [5.74, 6) is -0.831. The SMILES string of the molecule is CCCc1c(C(=O)O)c2cc(O)ccc2n1CC. The van der Waals surface area contributed by atoms with Gasteiger partial charge in [-0.1, -0.05) is 13.3 Å². The van der Waals surface area contributed by atoms with Crippen molar-refractivity contribution in [3.05, 3.63) is 29.5 Å². The van der Waals surface area contributed by atoms with E-state index in [-0.39, 0.29) is 5.75 Å². The highest BCUT2D eigenvalue weighted by Crippen LogP contribution is 2.30. The van der Waals surface area contributed by atoms with Gasteiger partial charge < -0.3 is 14.8 Å². The molecular weight excluding hydrogens is 230 g/mol. The van der Waals surface area contributed by atoms with Gasteiger partial charge in [0.15, 0.2) is 0 Å². The molecule has 18 heavy (non-hydrogen) atoms. The number of rotatable bonds is 4. The van der Waals surface area contributed by atoms with Crippen molar-refractivity contribution in [1.82, 2.24) is 4.57 Å². The van der Waals surface area contributed by atoms with E-state index in [1.54, 1.807) is 12.1 Å². The Morgan fingerprint density at radius 3 is 2.61 bits per heavy atom. The van der Waals surface area contributed by atoms with E-state index in [0.717, 1.165) is 30.6 Å². The Labute approximate surface area is 105 Å². The number of phenols is 1. The number of carboxylic acid groups (broad SMARTS) is 1. The van der Waals surface area contributed by atoms with E-state index in [4.69, 9.17) is 0 Å². The summed E-state index contributed by atoms with van der Waals surface area (Å²) in [5.41, 5.74) is 2.04. The van der Waals surface area contributed by atoms with Gasteiger partial charge in [0.2, 0.25) is 0 Å². The zero-order chi connectivity index (χ0) is 13.3. The first-order chi connectivity index (χ1) is 8.60. The third kappa shape index (κ3) is 1.83. The Hall–Kier alpha value is -1.97. The summed E-state index contributed by atoms with van der Waals surface area (Å²) in [5, 5.41) is 19.6. The number of aromatic nitrogens is 1. The van der Waals surface area contributed by atoms with Gasteiger partial charge in [-0.3, -0.25) is 0 Å². The second kappa shape index (κ2) is 4.72. The van der Waals surface area contributed by atoms with Crippen molar-refractivity contribution in [1.29, 1.82) is 0 Å². The van der Waals surface area contributed by atoms with Crippen LogP contribution < -0.4 is 0 Å². The minimum absolute atomic E-state index is 0.0984. The van der Waals surface area contributed by atoms with Crippen LogP contribution in [0.1, 0.15) is 36.3 Å². The van der Waals surface area contributed by atoms with Crippen LogP contribution in [0.25, 0.3) is 10.9 Å². The van der Waals surface area contributed by atoms with Gasteiger partial charge in [0, 0.05) is 23.1 Å². The number of phenolic OH excluding ortho intramolecular Hbond substituents is 1. The van der Waals surface area contributed by atoms with Crippen molar-refractivity contribution < 1.29 is 15.0 Å². The molecule has 0 fully saturated rings. The Bertz CT molecular complexity index is 599. The first-order valence-electron chi connectivity index (χ1n) is 6.17. The quantitative estimate of drug-likeness (QED) is 0.873. The number of hydrogen-bond donors (Lipinski definition) is 2. The summed E-state index contributed by atoms with van der Waals surface area (Å²) in [6.07, 6.45) is 1.62. The standard InChI is InChI=1S/C14H17NO3/c1-3-5-12-13(14(17)18)10-8-9(16)6-7-11(10)15(12)4-2/h6-8,16H,3-5H2,1-2H3,(H,17,18). The molecule has 2 N–H and O–H groups in total. The van der Waals surface area contributed by atoms with Crippen molar-refractivity contribution in [2.75, 3.05) is 0 Å².